The fourth-order valence-electron chi connectivity index (χ4n) is 3.06. The highest BCUT2D eigenvalue weighted by molar-refractivity contribution is 7.10. The number of carbonyl (C=O) groups is 1. The summed E-state index contributed by atoms with van der Waals surface area (Å²) in [6.07, 6.45) is 1.07. The first-order valence-corrected chi connectivity index (χ1v) is 8.77. The number of carbonyl (C=O) groups excluding carboxylic acids is 1. The molecule has 0 saturated heterocycles. The van der Waals surface area contributed by atoms with Crippen LogP contribution in [0.5, 0.6) is 0 Å². The molecule has 2 N–H and O–H groups in total. The van der Waals surface area contributed by atoms with E-state index in [0.717, 1.165) is 24.2 Å². The topological polar surface area (TPSA) is 33.5 Å². The Labute approximate surface area is 139 Å². The smallest absolute Gasteiger partial charge is 0.279 e. The van der Waals surface area contributed by atoms with Crippen LogP contribution in [0.4, 0.5) is 5.69 Å². The third-order valence-corrected chi connectivity index (χ3v) is 5.61. The molecule has 0 bridgehead atoms. The molecule has 0 spiro atoms. The molecule has 3 nitrogen and oxygen atoms in total. The van der Waals surface area contributed by atoms with Crippen LogP contribution in [0.3, 0.4) is 0 Å². The summed E-state index contributed by atoms with van der Waals surface area (Å²) in [5.74, 6) is 0.0611. The minimum atomic E-state index is 0.0611. The summed E-state index contributed by atoms with van der Waals surface area (Å²) >= 11 is 7.78. The number of rotatable bonds is 3. The lowest BCUT2D eigenvalue weighted by atomic mass is 10.0. The second kappa shape index (κ2) is 6.41. The third-order valence-electron chi connectivity index (χ3n) is 4.38. The van der Waals surface area contributed by atoms with Gasteiger partial charge in [0.1, 0.15) is 6.04 Å². The lowest BCUT2D eigenvalue weighted by Crippen LogP contribution is -3.14. The molecule has 1 unspecified atom stereocenters. The van der Waals surface area contributed by atoms with Crippen molar-refractivity contribution < 1.29 is 9.69 Å². The van der Waals surface area contributed by atoms with Crippen molar-refractivity contribution in [3.63, 3.8) is 0 Å². The maximum Gasteiger partial charge on any atom is 0.279 e. The van der Waals surface area contributed by atoms with Gasteiger partial charge in [-0.05, 0) is 49.1 Å². The summed E-state index contributed by atoms with van der Waals surface area (Å²) in [6.45, 7) is 5.68. The number of anilines is 1. The molecule has 1 aromatic carbocycles. The zero-order valence-electron chi connectivity index (χ0n) is 12.8. The molecule has 0 fully saturated rings. The Morgan fingerprint density at radius 2 is 2.27 bits per heavy atom. The fraction of sp³-hybridized carbons (Fsp3) is 0.353. The van der Waals surface area contributed by atoms with Gasteiger partial charge in [0.2, 0.25) is 0 Å². The molecule has 0 aliphatic carbocycles. The zero-order chi connectivity index (χ0) is 15.7. The monoisotopic (exact) mass is 335 g/mol. The molecule has 1 aromatic heterocycles. The van der Waals surface area contributed by atoms with E-state index in [2.05, 4.69) is 23.7 Å². The summed E-state index contributed by atoms with van der Waals surface area (Å²) in [7, 11) is 0. The van der Waals surface area contributed by atoms with Gasteiger partial charge in [-0.1, -0.05) is 11.6 Å². The van der Waals surface area contributed by atoms with E-state index >= 15 is 0 Å². The Hall–Kier alpha value is -1.36. The first-order valence-electron chi connectivity index (χ1n) is 7.51. The van der Waals surface area contributed by atoms with E-state index in [1.807, 2.05) is 30.4 Å². The van der Waals surface area contributed by atoms with Crippen molar-refractivity contribution in [3.05, 3.63) is 50.7 Å². The van der Waals surface area contributed by atoms with Crippen LogP contribution in [0, 0.1) is 6.92 Å². The summed E-state index contributed by atoms with van der Waals surface area (Å²) in [6, 6.07) is 8.11. The average Bonchev–Trinajstić information content (AvgIpc) is 2.94. The van der Waals surface area contributed by atoms with Gasteiger partial charge in [0.15, 0.2) is 6.54 Å². The summed E-state index contributed by atoms with van der Waals surface area (Å²) < 4.78 is 0. The maximum absolute atomic E-state index is 12.4. The molecule has 3 rings (SSSR count). The summed E-state index contributed by atoms with van der Waals surface area (Å²) in [5.41, 5.74) is 3.24. The Kier molecular flexibility index (Phi) is 4.52. The number of aryl methyl sites for hydroxylation is 1. The lowest BCUT2D eigenvalue weighted by Gasteiger charge is -2.29. The number of nitrogens with one attached hydrogen (secondary N) is 2. The standard InChI is InChI=1S/C17H19ClN2OS/c1-11-9-13(18)3-4-15(11)19-17(21)10-20-7-5-16-14(12(20)2)6-8-22-16/h3-4,6,8-9,12H,5,7,10H2,1-2H3,(H,19,21)/p+1/t12-/m0/s1. The zero-order valence-corrected chi connectivity index (χ0v) is 14.4. The van der Waals surface area contributed by atoms with Gasteiger partial charge in [0, 0.05) is 27.6 Å². The quantitative estimate of drug-likeness (QED) is 0.888. The second-order valence-corrected chi connectivity index (χ2v) is 7.30. The SMILES string of the molecule is Cc1cc(Cl)ccc1NC(=O)C[NH+]1CCc2sccc2[C@@H]1C. The van der Waals surface area contributed by atoms with Crippen molar-refractivity contribution in [2.45, 2.75) is 26.3 Å². The fourth-order valence-corrected chi connectivity index (χ4v) is 4.27. The number of halogens is 1. The number of hydrogen-bond acceptors (Lipinski definition) is 2. The first-order chi connectivity index (χ1) is 10.5. The number of benzene rings is 1. The minimum absolute atomic E-state index is 0.0611. The van der Waals surface area contributed by atoms with Crippen LogP contribution in [0.15, 0.2) is 29.6 Å². The number of fused-ring (bicyclic) bond motifs is 1. The molecule has 2 atom stereocenters. The highest BCUT2D eigenvalue weighted by Crippen LogP contribution is 2.24. The van der Waals surface area contributed by atoms with Crippen LogP contribution >= 0.6 is 22.9 Å². The molecule has 2 heterocycles. The van der Waals surface area contributed by atoms with Crippen molar-refractivity contribution in [3.8, 4) is 0 Å². The van der Waals surface area contributed by atoms with Crippen LogP contribution in [0.1, 0.15) is 29.0 Å². The molecular formula is C17H20ClN2OS+. The van der Waals surface area contributed by atoms with Crippen LogP contribution in [-0.4, -0.2) is 19.0 Å². The highest BCUT2D eigenvalue weighted by Gasteiger charge is 2.29. The van der Waals surface area contributed by atoms with E-state index in [4.69, 9.17) is 11.6 Å². The Balaban J connectivity index is 1.65. The van der Waals surface area contributed by atoms with E-state index in [9.17, 15) is 4.79 Å². The molecule has 116 valence electrons. The second-order valence-electron chi connectivity index (χ2n) is 5.86. The summed E-state index contributed by atoms with van der Waals surface area (Å²) in [4.78, 5) is 15.2. The van der Waals surface area contributed by atoms with Crippen molar-refractivity contribution >= 4 is 34.5 Å². The molecule has 1 amide bonds. The predicted octanol–water partition coefficient (Wildman–Crippen LogP) is 2.85. The lowest BCUT2D eigenvalue weighted by molar-refractivity contribution is -0.923. The maximum atomic E-state index is 12.4. The number of hydrogen-bond donors (Lipinski definition) is 2. The van der Waals surface area contributed by atoms with Gasteiger partial charge in [-0.2, -0.15) is 0 Å². The summed E-state index contributed by atoms with van der Waals surface area (Å²) in [5, 5.41) is 5.85. The van der Waals surface area contributed by atoms with Gasteiger partial charge < -0.3 is 10.2 Å². The number of quaternary nitrogens is 1. The van der Waals surface area contributed by atoms with Crippen molar-refractivity contribution in [2.24, 2.45) is 0 Å². The molecule has 1 aliphatic rings. The van der Waals surface area contributed by atoms with E-state index in [0.29, 0.717) is 17.6 Å². The van der Waals surface area contributed by atoms with Gasteiger partial charge in [0.25, 0.3) is 5.91 Å². The highest BCUT2D eigenvalue weighted by atomic mass is 35.5. The van der Waals surface area contributed by atoms with Gasteiger partial charge in [-0.25, -0.2) is 0 Å². The third kappa shape index (κ3) is 3.19. The Bertz CT molecular complexity index is 698. The first kappa shape index (κ1) is 15.5. The van der Waals surface area contributed by atoms with Crippen molar-refractivity contribution in [2.75, 3.05) is 18.4 Å². The predicted molar refractivity (Wildman–Crippen MR) is 92.0 cm³/mol. The number of amides is 1. The average molecular weight is 336 g/mol. The molecule has 2 aromatic rings. The normalized spacial score (nSPS) is 20.5. The number of thiophene rings is 1. The minimum Gasteiger partial charge on any atom is -0.321 e. The van der Waals surface area contributed by atoms with Gasteiger partial charge in [-0.3, -0.25) is 4.79 Å². The van der Waals surface area contributed by atoms with E-state index < -0.39 is 0 Å². The Morgan fingerprint density at radius 1 is 1.45 bits per heavy atom. The van der Waals surface area contributed by atoms with Crippen molar-refractivity contribution in [1.82, 2.24) is 0 Å². The van der Waals surface area contributed by atoms with Crippen LogP contribution in [-0.2, 0) is 11.2 Å². The van der Waals surface area contributed by atoms with Crippen LogP contribution in [0.2, 0.25) is 5.02 Å². The molecule has 0 saturated carbocycles. The van der Waals surface area contributed by atoms with Crippen LogP contribution < -0.4 is 10.2 Å². The van der Waals surface area contributed by atoms with Crippen molar-refractivity contribution in [1.29, 1.82) is 0 Å². The van der Waals surface area contributed by atoms with Crippen LogP contribution in [0.25, 0.3) is 0 Å². The van der Waals surface area contributed by atoms with E-state index in [-0.39, 0.29) is 5.91 Å². The van der Waals surface area contributed by atoms with E-state index in [1.54, 1.807) is 6.07 Å². The molecular weight excluding hydrogens is 316 g/mol. The Morgan fingerprint density at radius 3 is 3.05 bits per heavy atom. The molecule has 22 heavy (non-hydrogen) atoms. The molecule has 0 radical (unpaired) electrons. The molecule has 1 aliphatic heterocycles. The van der Waals surface area contributed by atoms with Gasteiger partial charge in [0.05, 0.1) is 6.54 Å². The van der Waals surface area contributed by atoms with E-state index in [1.165, 1.54) is 15.3 Å². The largest absolute Gasteiger partial charge is 0.321 e. The molecule has 5 heteroatoms. The van der Waals surface area contributed by atoms with Gasteiger partial charge in [-0.15, -0.1) is 11.3 Å². The van der Waals surface area contributed by atoms with Gasteiger partial charge >= 0.3 is 0 Å².